The van der Waals surface area contributed by atoms with Gasteiger partial charge in [0.15, 0.2) is 11.5 Å². The molecule has 0 aliphatic carbocycles. The number of nitrogens with zero attached hydrogens (tertiary/aromatic N) is 1. The molecule has 174 valence electrons. The normalized spacial score (nSPS) is 14.7. The predicted molar refractivity (Wildman–Crippen MR) is 146 cm³/mol. The van der Waals surface area contributed by atoms with Gasteiger partial charge >= 0.3 is 0 Å². The Bertz CT molecular complexity index is 1280. The highest BCUT2D eigenvalue weighted by Gasteiger charge is 2.36. The maximum Gasteiger partial charge on any atom is 0.298 e. The number of ether oxygens (including phenoxy) is 2. The van der Waals surface area contributed by atoms with E-state index in [0.29, 0.717) is 40.3 Å². The Morgan fingerprint density at radius 3 is 2.53 bits per heavy atom. The third kappa shape index (κ3) is 5.59. The lowest BCUT2D eigenvalue weighted by molar-refractivity contribution is -0.113. The highest BCUT2D eigenvalue weighted by molar-refractivity contribution is 14.1. The molecule has 1 aliphatic heterocycles. The maximum absolute atomic E-state index is 13.0. The second kappa shape index (κ2) is 10.8. The zero-order valence-corrected chi connectivity index (χ0v) is 22.2. The van der Waals surface area contributed by atoms with Crippen molar-refractivity contribution in [3.8, 4) is 11.5 Å². The first-order chi connectivity index (χ1) is 16.4. The summed E-state index contributed by atoms with van der Waals surface area (Å²) in [6, 6.07) is 18.5. The molecule has 5 nitrogen and oxygen atoms in total. The molecule has 1 saturated heterocycles. The first kappa shape index (κ1) is 24.6. The number of carbonyl (C=O) groups excluding carboxylic acids is 2. The van der Waals surface area contributed by atoms with Crippen molar-refractivity contribution in [1.82, 2.24) is 0 Å². The van der Waals surface area contributed by atoms with Crippen LogP contribution in [0, 0.1) is 10.5 Å². The van der Waals surface area contributed by atoms with Crippen molar-refractivity contribution in [3.05, 3.63) is 90.9 Å². The van der Waals surface area contributed by atoms with Crippen molar-refractivity contribution in [1.29, 1.82) is 0 Å². The molecule has 0 aromatic heterocycles. The van der Waals surface area contributed by atoms with Crippen LogP contribution in [0.1, 0.15) is 23.6 Å². The van der Waals surface area contributed by atoms with Gasteiger partial charge in [0.05, 0.1) is 20.8 Å². The van der Waals surface area contributed by atoms with Gasteiger partial charge in [-0.1, -0.05) is 41.4 Å². The van der Waals surface area contributed by atoms with Gasteiger partial charge in [-0.25, -0.2) is 4.90 Å². The zero-order chi connectivity index (χ0) is 24.2. The number of benzene rings is 3. The number of rotatable bonds is 7. The summed E-state index contributed by atoms with van der Waals surface area (Å²) in [6.07, 6.45) is 1.70. The van der Waals surface area contributed by atoms with E-state index in [1.54, 1.807) is 30.3 Å². The fraction of sp³-hybridized carbons (Fsp3) is 0.154. The van der Waals surface area contributed by atoms with Crippen LogP contribution >= 0.6 is 46.0 Å². The number of imide groups is 1. The number of amides is 2. The SMILES string of the molecule is CCOc1cc(/C=C2/SC(=O)N(c3ccc(Cl)cc3)C2=O)cc(I)c1OCc1cccc(C)c1. The average molecular weight is 606 g/mol. The van der Waals surface area contributed by atoms with E-state index < -0.39 is 0 Å². The highest BCUT2D eigenvalue weighted by Crippen LogP contribution is 2.39. The van der Waals surface area contributed by atoms with E-state index in [1.807, 2.05) is 44.2 Å². The summed E-state index contributed by atoms with van der Waals surface area (Å²) in [6.45, 7) is 4.83. The minimum absolute atomic E-state index is 0.339. The first-order valence-electron chi connectivity index (χ1n) is 10.5. The summed E-state index contributed by atoms with van der Waals surface area (Å²) >= 11 is 9.03. The second-order valence-electron chi connectivity index (χ2n) is 7.53. The van der Waals surface area contributed by atoms with E-state index >= 15 is 0 Å². The molecule has 34 heavy (non-hydrogen) atoms. The summed E-state index contributed by atoms with van der Waals surface area (Å²) in [7, 11) is 0. The third-order valence-electron chi connectivity index (χ3n) is 4.97. The number of thioether (sulfide) groups is 1. The number of aryl methyl sites for hydroxylation is 1. The van der Waals surface area contributed by atoms with Gasteiger partial charge in [0.2, 0.25) is 0 Å². The number of hydrogen-bond acceptors (Lipinski definition) is 5. The topological polar surface area (TPSA) is 55.8 Å². The van der Waals surface area contributed by atoms with Crippen LogP contribution in [0.15, 0.2) is 65.6 Å². The molecule has 1 aliphatic rings. The van der Waals surface area contributed by atoms with Crippen molar-refractivity contribution in [3.63, 3.8) is 0 Å². The van der Waals surface area contributed by atoms with E-state index in [9.17, 15) is 9.59 Å². The monoisotopic (exact) mass is 605 g/mol. The molecular formula is C26H21ClINO4S. The Hall–Kier alpha value is -2.49. The lowest BCUT2D eigenvalue weighted by atomic mass is 10.1. The molecule has 1 fully saturated rings. The fourth-order valence-electron chi connectivity index (χ4n) is 3.46. The molecule has 4 rings (SSSR count). The molecule has 3 aromatic rings. The van der Waals surface area contributed by atoms with Crippen molar-refractivity contribution in [2.24, 2.45) is 0 Å². The van der Waals surface area contributed by atoms with E-state index in [0.717, 1.165) is 31.4 Å². The summed E-state index contributed by atoms with van der Waals surface area (Å²) < 4.78 is 12.8. The summed E-state index contributed by atoms with van der Waals surface area (Å²) in [5.41, 5.74) is 3.47. The van der Waals surface area contributed by atoms with Crippen LogP contribution < -0.4 is 14.4 Å². The van der Waals surface area contributed by atoms with Crippen LogP contribution in [0.5, 0.6) is 11.5 Å². The number of anilines is 1. The summed E-state index contributed by atoms with van der Waals surface area (Å²) in [4.78, 5) is 27.0. The second-order valence-corrected chi connectivity index (χ2v) is 10.1. The van der Waals surface area contributed by atoms with Gasteiger partial charge in [-0.2, -0.15) is 0 Å². The predicted octanol–water partition coefficient (Wildman–Crippen LogP) is 7.47. The van der Waals surface area contributed by atoms with Gasteiger partial charge < -0.3 is 9.47 Å². The highest BCUT2D eigenvalue weighted by atomic mass is 127. The Kier molecular flexibility index (Phi) is 7.85. The summed E-state index contributed by atoms with van der Waals surface area (Å²) in [5, 5.41) is 0.186. The molecule has 0 radical (unpaired) electrons. The van der Waals surface area contributed by atoms with Crippen LogP contribution in [0.3, 0.4) is 0 Å². The minimum atomic E-state index is -0.370. The van der Waals surface area contributed by atoms with Gasteiger partial charge in [-0.05, 0) is 102 Å². The molecule has 0 spiro atoms. The molecule has 2 amide bonds. The molecule has 3 aromatic carbocycles. The molecule has 0 N–H and O–H groups in total. The molecule has 8 heteroatoms. The van der Waals surface area contributed by atoms with Crippen LogP contribution in [0.2, 0.25) is 5.02 Å². The van der Waals surface area contributed by atoms with Gasteiger partial charge in [0, 0.05) is 5.02 Å². The van der Waals surface area contributed by atoms with Crippen LogP contribution in [0.4, 0.5) is 10.5 Å². The van der Waals surface area contributed by atoms with Crippen molar-refractivity contribution < 1.29 is 19.1 Å². The van der Waals surface area contributed by atoms with Gasteiger partial charge in [0.25, 0.3) is 11.1 Å². The lowest BCUT2D eigenvalue weighted by Crippen LogP contribution is -2.27. The van der Waals surface area contributed by atoms with Gasteiger partial charge in [0.1, 0.15) is 6.61 Å². The van der Waals surface area contributed by atoms with Crippen LogP contribution in [-0.2, 0) is 11.4 Å². The first-order valence-corrected chi connectivity index (χ1v) is 12.8. The number of hydrogen-bond donors (Lipinski definition) is 0. The lowest BCUT2D eigenvalue weighted by Gasteiger charge is -2.15. The standard InChI is InChI=1S/C26H21ClINO4S/c1-3-32-22-13-18(12-21(28)24(22)33-15-17-6-4-5-16(2)11-17)14-23-25(30)29(26(31)34-23)20-9-7-19(27)8-10-20/h4-14H,3,15H2,1-2H3/b23-14+. The third-order valence-corrected chi connectivity index (χ3v) is 6.90. The van der Waals surface area contributed by atoms with Crippen molar-refractivity contribution in [2.45, 2.75) is 20.5 Å². The Morgan fingerprint density at radius 2 is 1.82 bits per heavy atom. The summed E-state index contributed by atoms with van der Waals surface area (Å²) in [5.74, 6) is 0.866. The van der Waals surface area contributed by atoms with E-state index in [-0.39, 0.29) is 11.1 Å². The molecule has 1 heterocycles. The van der Waals surface area contributed by atoms with Crippen molar-refractivity contribution in [2.75, 3.05) is 11.5 Å². The molecular weight excluding hydrogens is 585 g/mol. The Balaban J connectivity index is 1.60. The Labute approximate surface area is 221 Å². The number of carbonyl (C=O) groups is 2. The van der Waals surface area contributed by atoms with Crippen LogP contribution in [-0.4, -0.2) is 17.8 Å². The molecule has 0 saturated carbocycles. The van der Waals surface area contributed by atoms with Gasteiger partial charge in [-0.3, -0.25) is 9.59 Å². The minimum Gasteiger partial charge on any atom is -0.490 e. The molecule has 0 unspecified atom stereocenters. The zero-order valence-electron chi connectivity index (χ0n) is 18.5. The maximum atomic E-state index is 13.0. The largest absolute Gasteiger partial charge is 0.490 e. The van der Waals surface area contributed by atoms with Gasteiger partial charge in [-0.15, -0.1) is 0 Å². The molecule has 0 atom stereocenters. The fourth-order valence-corrected chi connectivity index (χ4v) is 5.21. The van der Waals surface area contributed by atoms with E-state index in [2.05, 4.69) is 28.7 Å². The molecule has 0 bridgehead atoms. The van der Waals surface area contributed by atoms with Crippen LogP contribution in [0.25, 0.3) is 6.08 Å². The van der Waals surface area contributed by atoms with E-state index in [4.69, 9.17) is 21.1 Å². The smallest absolute Gasteiger partial charge is 0.298 e. The quantitative estimate of drug-likeness (QED) is 0.207. The average Bonchev–Trinajstić information content (AvgIpc) is 3.07. The Morgan fingerprint density at radius 1 is 1.06 bits per heavy atom. The number of halogens is 2. The van der Waals surface area contributed by atoms with E-state index in [1.165, 1.54) is 5.56 Å². The van der Waals surface area contributed by atoms with Crippen molar-refractivity contribution >= 4 is 68.9 Å².